The second kappa shape index (κ2) is 17.0. The molecule has 5 nitrogen and oxygen atoms in total. The van der Waals surface area contributed by atoms with Gasteiger partial charge in [-0.3, -0.25) is 15.0 Å². The molecule has 5 heteroatoms. The maximum Gasteiger partial charge on any atom is 0.144 e. The molecule has 5 aromatic carbocycles. The number of aromatic nitrogens is 3. The van der Waals surface area contributed by atoms with Gasteiger partial charge in [-0.05, 0) is 140 Å². The molecule has 0 aliphatic rings. The zero-order valence-corrected chi connectivity index (χ0v) is 32.2. The normalized spacial score (nSPS) is 16.6. The molecule has 0 atom stereocenters. The van der Waals surface area contributed by atoms with Gasteiger partial charge in [0.15, 0.2) is 0 Å². The number of aryl methyl sites for hydroxylation is 9. The highest BCUT2D eigenvalue weighted by Gasteiger charge is 2.16. The fourth-order valence-corrected chi connectivity index (χ4v) is 7.22. The number of hydrogen-bond donors (Lipinski definition) is 0. The standard InChI is InChI=1S/C55H46N4O/c1-36-27-52(43-11-6-4-7-12-43)58-34-46(36)22-19-41-29-40(30-42(31-41)20-23-47-35-59-53(28-37(47)2)44-13-8-5-9-14-44)18-17-39-21-26-51(57-33-39)50-16-10-15-48-49-25-24-45(32-56)38(3)54(49)60-55(48)50/h4-16,21,24-31,33-35H,17-20,22-23H2,1-3H3/i1D3,2D3,3D3,17D2,22D2,23D2,24D. The summed E-state index contributed by atoms with van der Waals surface area (Å²) in [7, 11) is 0. The van der Waals surface area contributed by atoms with Gasteiger partial charge in [0.1, 0.15) is 11.2 Å². The summed E-state index contributed by atoms with van der Waals surface area (Å²) in [6.45, 7) is -8.28. The molecular formula is C55H46N4O. The van der Waals surface area contributed by atoms with Gasteiger partial charge >= 0.3 is 0 Å². The lowest BCUT2D eigenvalue weighted by Gasteiger charge is -2.13. The van der Waals surface area contributed by atoms with Gasteiger partial charge in [-0.25, -0.2) is 0 Å². The van der Waals surface area contributed by atoms with E-state index in [9.17, 15) is 13.5 Å². The number of nitrogens with zero attached hydrogens (tertiary/aromatic N) is 4. The highest BCUT2D eigenvalue weighted by Crippen LogP contribution is 2.37. The Morgan fingerprint density at radius 2 is 1.15 bits per heavy atom. The summed E-state index contributed by atoms with van der Waals surface area (Å²) in [6, 6.07) is 36.3. The summed E-state index contributed by atoms with van der Waals surface area (Å²) in [4.78, 5) is 13.5. The third-order valence-electron chi connectivity index (χ3n) is 10.3. The Balaban J connectivity index is 1.09. The summed E-state index contributed by atoms with van der Waals surface area (Å²) in [5.41, 5.74) is 2.31. The zero-order chi connectivity index (χ0) is 54.8. The topological polar surface area (TPSA) is 75.6 Å². The average molecular weight is 795 g/mol. The van der Waals surface area contributed by atoms with Crippen molar-refractivity contribution in [3.05, 3.63) is 208 Å². The van der Waals surface area contributed by atoms with Crippen LogP contribution < -0.4 is 0 Å². The van der Waals surface area contributed by atoms with E-state index in [0.717, 1.165) is 0 Å². The molecule has 0 fully saturated rings. The van der Waals surface area contributed by atoms with Crippen LogP contribution in [0.4, 0.5) is 0 Å². The van der Waals surface area contributed by atoms with Crippen LogP contribution in [-0.2, 0) is 38.4 Å². The third kappa shape index (κ3) is 8.10. The summed E-state index contributed by atoms with van der Waals surface area (Å²) in [6.07, 6.45) is -4.40. The maximum atomic E-state index is 9.79. The molecule has 9 aromatic rings. The molecule has 4 aromatic heterocycles. The summed E-state index contributed by atoms with van der Waals surface area (Å²) in [5.74, 6) is 0. The van der Waals surface area contributed by atoms with Gasteiger partial charge in [0.2, 0.25) is 0 Å². The zero-order valence-electron chi connectivity index (χ0n) is 48.2. The SMILES string of the molecule is [2H]c1cc2c(oc3c(-c4ccc(C([2H])([2H])Cc5cc(CC([2H])([2H])c6cnc(-c7ccccc7)cc6C([2H])([2H])[2H])cc(CC([2H])([2H])c6cnc(-c7ccccc7)cc6C([2H])([2H])[2H])c5)cn4)cccc32)c(C([2H])([2H])[2H])c1C#N. The first kappa shape index (κ1) is 24.1. The van der Waals surface area contributed by atoms with Gasteiger partial charge in [0, 0.05) is 72.2 Å². The first-order valence-electron chi connectivity index (χ1n) is 27.3. The van der Waals surface area contributed by atoms with E-state index in [-0.39, 0.29) is 73.7 Å². The van der Waals surface area contributed by atoms with E-state index in [1.54, 1.807) is 103 Å². The number of furan rings is 1. The first-order chi connectivity index (χ1) is 35.6. The number of fused-ring (bicyclic) bond motifs is 3. The number of pyridine rings is 3. The fraction of sp³-hybridized carbons (Fsp3) is 0.164. The van der Waals surface area contributed by atoms with Gasteiger partial charge < -0.3 is 4.42 Å². The Morgan fingerprint density at radius 1 is 0.567 bits per heavy atom. The summed E-state index contributed by atoms with van der Waals surface area (Å²) < 4.78 is 146. The third-order valence-corrected chi connectivity index (χ3v) is 10.3. The monoisotopic (exact) mass is 794 g/mol. The molecule has 0 spiro atoms. The smallest absolute Gasteiger partial charge is 0.144 e. The number of para-hydroxylation sites is 1. The molecule has 0 saturated carbocycles. The second-order valence-corrected chi connectivity index (χ2v) is 14.3. The highest BCUT2D eigenvalue weighted by atomic mass is 16.3. The van der Waals surface area contributed by atoms with Crippen LogP contribution in [0.1, 0.15) is 77.6 Å². The number of nitriles is 1. The van der Waals surface area contributed by atoms with Crippen molar-refractivity contribution in [2.24, 2.45) is 0 Å². The lowest BCUT2D eigenvalue weighted by Crippen LogP contribution is -2.02. The van der Waals surface area contributed by atoms with Gasteiger partial charge in [0.05, 0.1) is 30.1 Å². The predicted molar refractivity (Wildman–Crippen MR) is 244 cm³/mol. The number of hydrogen-bond acceptors (Lipinski definition) is 5. The van der Waals surface area contributed by atoms with Crippen molar-refractivity contribution in [3.8, 4) is 39.8 Å². The van der Waals surface area contributed by atoms with Gasteiger partial charge in [-0.2, -0.15) is 5.26 Å². The lowest BCUT2D eigenvalue weighted by atomic mass is 9.93. The van der Waals surface area contributed by atoms with Crippen LogP contribution in [0.5, 0.6) is 0 Å². The molecule has 60 heavy (non-hydrogen) atoms. The fourth-order valence-electron chi connectivity index (χ4n) is 7.22. The maximum absolute atomic E-state index is 9.79. The predicted octanol–water partition coefficient (Wildman–Crippen LogP) is 12.9. The summed E-state index contributed by atoms with van der Waals surface area (Å²) >= 11 is 0. The van der Waals surface area contributed by atoms with Gasteiger partial charge in [0.25, 0.3) is 0 Å². The van der Waals surface area contributed by atoms with Crippen molar-refractivity contribution in [2.45, 2.75) is 58.9 Å². The van der Waals surface area contributed by atoms with E-state index in [1.807, 2.05) is 6.07 Å². The minimum absolute atomic E-state index is 0.0589. The molecule has 0 radical (unpaired) electrons. The quantitative estimate of drug-likeness (QED) is 0.123. The average Bonchev–Trinajstić information content (AvgIpc) is 3.73. The lowest BCUT2D eigenvalue weighted by molar-refractivity contribution is 0.666. The minimum atomic E-state index is -2.77. The van der Waals surface area contributed by atoms with E-state index in [0.29, 0.717) is 50.1 Å². The van der Waals surface area contributed by atoms with Crippen LogP contribution in [0.2, 0.25) is 0 Å². The Hall–Kier alpha value is -7.16. The van der Waals surface area contributed by atoms with Crippen molar-refractivity contribution in [2.75, 3.05) is 0 Å². The Labute approximate surface area is 374 Å². The van der Waals surface area contributed by atoms with E-state index in [2.05, 4.69) is 15.0 Å². The van der Waals surface area contributed by atoms with Crippen molar-refractivity contribution >= 4 is 21.9 Å². The molecule has 292 valence electrons. The largest absolute Gasteiger partial charge is 0.455 e. The molecule has 0 unspecified atom stereocenters. The molecule has 0 saturated heterocycles. The van der Waals surface area contributed by atoms with Crippen LogP contribution in [0.15, 0.2) is 156 Å². The van der Waals surface area contributed by atoms with E-state index >= 15 is 0 Å². The van der Waals surface area contributed by atoms with Crippen LogP contribution >= 0.6 is 0 Å². The van der Waals surface area contributed by atoms with Crippen molar-refractivity contribution in [1.29, 1.82) is 5.26 Å². The summed E-state index contributed by atoms with van der Waals surface area (Å²) in [5, 5.41) is 10.6. The second-order valence-electron chi connectivity index (χ2n) is 14.3. The molecule has 0 aliphatic heterocycles. The molecule has 4 heterocycles. The van der Waals surface area contributed by atoms with Crippen LogP contribution in [0.3, 0.4) is 0 Å². The molecule has 0 aliphatic carbocycles. The molecule has 9 rings (SSSR count). The van der Waals surface area contributed by atoms with Crippen LogP contribution in [0, 0.1) is 31.9 Å². The highest BCUT2D eigenvalue weighted by molar-refractivity contribution is 6.10. The van der Waals surface area contributed by atoms with Crippen molar-refractivity contribution < 1.29 is 26.3 Å². The van der Waals surface area contributed by atoms with Crippen LogP contribution in [0.25, 0.3) is 55.7 Å². The molecule has 0 bridgehead atoms. The van der Waals surface area contributed by atoms with E-state index < -0.39 is 52.5 Å². The number of benzene rings is 5. The van der Waals surface area contributed by atoms with E-state index in [1.165, 1.54) is 42.9 Å². The number of rotatable bonds is 12. The Morgan fingerprint density at radius 3 is 1.70 bits per heavy atom. The van der Waals surface area contributed by atoms with Crippen molar-refractivity contribution in [3.63, 3.8) is 0 Å². The van der Waals surface area contributed by atoms with Crippen LogP contribution in [-0.4, -0.2) is 15.0 Å². The minimum Gasteiger partial charge on any atom is -0.455 e. The molecule has 0 amide bonds. The molecule has 0 N–H and O–H groups in total. The Kier molecular flexibility index (Phi) is 6.80. The molecular weight excluding hydrogens is 733 g/mol. The first-order valence-corrected chi connectivity index (χ1v) is 19.3. The van der Waals surface area contributed by atoms with Crippen molar-refractivity contribution in [1.82, 2.24) is 15.0 Å². The van der Waals surface area contributed by atoms with Gasteiger partial charge in [-0.15, -0.1) is 0 Å². The van der Waals surface area contributed by atoms with E-state index in [4.69, 9.17) is 18.1 Å². The Bertz CT molecular complexity index is 3560. The van der Waals surface area contributed by atoms with Gasteiger partial charge in [-0.1, -0.05) is 97.1 Å².